The SMILES string of the molecule is CC(Oc1ccc(Cl)cc1)C(=O)N1CCCC1CO. The third kappa shape index (κ3) is 3.39. The summed E-state index contributed by atoms with van der Waals surface area (Å²) >= 11 is 5.79. The number of aliphatic hydroxyl groups excluding tert-OH is 1. The minimum Gasteiger partial charge on any atom is -0.481 e. The summed E-state index contributed by atoms with van der Waals surface area (Å²) in [6.07, 6.45) is 1.23. The lowest BCUT2D eigenvalue weighted by Crippen LogP contribution is -2.44. The van der Waals surface area contributed by atoms with Gasteiger partial charge in [-0.2, -0.15) is 0 Å². The van der Waals surface area contributed by atoms with Gasteiger partial charge in [0.1, 0.15) is 5.75 Å². The van der Waals surface area contributed by atoms with Crippen molar-refractivity contribution in [2.24, 2.45) is 0 Å². The van der Waals surface area contributed by atoms with E-state index in [2.05, 4.69) is 0 Å². The van der Waals surface area contributed by atoms with Crippen LogP contribution < -0.4 is 4.74 Å². The van der Waals surface area contributed by atoms with Gasteiger partial charge in [-0.3, -0.25) is 4.79 Å². The second-order valence-corrected chi connectivity index (χ2v) is 5.16. The van der Waals surface area contributed by atoms with Gasteiger partial charge < -0.3 is 14.7 Å². The van der Waals surface area contributed by atoms with Gasteiger partial charge in [-0.1, -0.05) is 11.6 Å². The van der Waals surface area contributed by atoms with Gasteiger partial charge in [0.25, 0.3) is 5.91 Å². The van der Waals surface area contributed by atoms with E-state index >= 15 is 0 Å². The predicted molar refractivity (Wildman–Crippen MR) is 73.4 cm³/mol. The fourth-order valence-corrected chi connectivity index (χ4v) is 2.44. The number of aliphatic hydroxyl groups is 1. The largest absolute Gasteiger partial charge is 0.481 e. The lowest BCUT2D eigenvalue weighted by Gasteiger charge is -2.26. The molecule has 1 amide bonds. The molecule has 1 fully saturated rings. The van der Waals surface area contributed by atoms with E-state index in [9.17, 15) is 9.90 Å². The highest BCUT2D eigenvalue weighted by atomic mass is 35.5. The normalized spacial score (nSPS) is 20.4. The Balaban J connectivity index is 1.97. The van der Waals surface area contributed by atoms with E-state index in [0.29, 0.717) is 17.3 Å². The molecule has 1 aliphatic heterocycles. The number of amides is 1. The van der Waals surface area contributed by atoms with Gasteiger partial charge >= 0.3 is 0 Å². The van der Waals surface area contributed by atoms with Crippen LogP contribution in [0.5, 0.6) is 5.75 Å². The topological polar surface area (TPSA) is 49.8 Å². The molecule has 0 radical (unpaired) electrons. The molecule has 19 heavy (non-hydrogen) atoms. The summed E-state index contributed by atoms with van der Waals surface area (Å²) in [6, 6.07) is 6.85. The van der Waals surface area contributed by atoms with E-state index in [1.807, 2.05) is 0 Å². The average Bonchev–Trinajstić information content (AvgIpc) is 2.88. The third-order valence-electron chi connectivity index (χ3n) is 3.35. The summed E-state index contributed by atoms with van der Waals surface area (Å²) in [4.78, 5) is 14.0. The minimum atomic E-state index is -0.562. The monoisotopic (exact) mass is 283 g/mol. The molecule has 0 bridgehead atoms. The maximum atomic E-state index is 12.2. The maximum absolute atomic E-state index is 12.2. The molecular weight excluding hydrogens is 266 g/mol. The van der Waals surface area contributed by atoms with Gasteiger partial charge in [0.2, 0.25) is 0 Å². The predicted octanol–water partition coefficient (Wildman–Crippen LogP) is 2.09. The van der Waals surface area contributed by atoms with Crippen LogP contribution in [-0.2, 0) is 4.79 Å². The van der Waals surface area contributed by atoms with Crippen molar-refractivity contribution >= 4 is 17.5 Å². The highest BCUT2D eigenvalue weighted by molar-refractivity contribution is 6.30. The van der Waals surface area contributed by atoms with Crippen LogP contribution in [-0.4, -0.2) is 41.2 Å². The van der Waals surface area contributed by atoms with Gasteiger partial charge in [0.05, 0.1) is 12.6 Å². The molecule has 0 spiro atoms. The Hall–Kier alpha value is -1.26. The summed E-state index contributed by atoms with van der Waals surface area (Å²) in [5.74, 6) is 0.538. The number of carbonyl (C=O) groups excluding carboxylic acids is 1. The Kier molecular flexibility index (Phi) is 4.66. The number of hydrogen-bond acceptors (Lipinski definition) is 3. The van der Waals surface area contributed by atoms with Crippen LogP contribution in [0.25, 0.3) is 0 Å². The van der Waals surface area contributed by atoms with Crippen LogP contribution in [0.1, 0.15) is 19.8 Å². The zero-order valence-electron chi connectivity index (χ0n) is 10.9. The number of rotatable bonds is 4. The van der Waals surface area contributed by atoms with Crippen LogP contribution in [0, 0.1) is 0 Å². The van der Waals surface area contributed by atoms with E-state index in [4.69, 9.17) is 16.3 Å². The van der Waals surface area contributed by atoms with E-state index in [-0.39, 0.29) is 18.6 Å². The molecule has 104 valence electrons. The standard InChI is InChI=1S/C14H18ClNO3/c1-10(19-13-6-4-11(15)5-7-13)14(18)16-8-2-3-12(16)9-17/h4-7,10,12,17H,2-3,8-9H2,1H3. The second kappa shape index (κ2) is 6.26. The van der Waals surface area contributed by atoms with E-state index in [1.165, 1.54) is 0 Å². The van der Waals surface area contributed by atoms with Crippen molar-refractivity contribution in [3.8, 4) is 5.75 Å². The minimum absolute atomic E-state index is 0.0133. The van der Waals surface area contributed by atoms with Crippen LogP contribution in [0.15, 0.2) is 24.3 Å². The van der Waals surface area contributed by atoms with Crippen molar-refractivity contribution in [3.05, 3.63) is 29.3 Å². The van der Waals surface area contributed by atoms with E-state index in [0.717, 1.165) is 12.8 Å². The number of carbonyl (C=O) groups is 1. The van der Waals surface area contributed by atoms with Crippen LogP contribution in [0.3, 0.4) is 0 Å². The Labute approximate surface area is 117 Å². The van der Waals surface area contributed by atoms with Crippen molar-refractivity contribution in [2.75, 3.05) is 13.2 Å². The summed E-state index contributed by atoms with van der Waals surface area (Å²) in [5, 5.41) is 9.87. The van der Waals surface area contributed by atoms with E-state index < -0.39 is 6.10 Å². The van der Waals surface area contributed by atoms with Gasteiger partial charge in [-0.05, 0) is 44.0 Å². The highest BCUT2D eigenvalue weighted by Gasteiger charge is 2.31. The van der Waals surface area contributed by atoms with Crippen molar-refractivity contribution < 1.29 is 14.6 Å². The third-order valence-corrected chi connectivity index (χ3v) is 3.60. The molecule has 0 aromatic heterocycles. The summed E-state index contributed by atoms with van der Waals surface area (Å²) in [5.41, 5.74) is 0. The van der Waals surface area contributed by atoms with Crippen molar-refractivity contribution in [2.45, 2.75) is 31.9 Å². The number of ether oxygens (including phenoxy) is 1. The number of likely N-dealkylation sites (tertiary alicyclic amines) is 1. The summed E-state index contributed by atoms with van der Waals surface area (Å²) < 4.78 is 5.60. The first-order chi connectivity index (χ1) is 9.11. The number of benzene rings is 1. The molecule has 0 aliphatic carbocycles. The molecule has 1 aromatic carbocycles. The second-order valence-electron chi connectivity index (χ2n) is 4.72. The first-order valence-corrected chi connectivity index (χ1v) is 6.83. The molecule has 4 nitrogen and oxygen atoms in total. The van der Waals surface area contributed by atoms with Crippen LogP contribution in [0.4, 0.5) is 0 Å². The molecule has 2 unspecified atom stereocenters. The number of hydrogen-bond donors (Lipinski definition) is 1. The van der Waals surface area contributed by atoms with Crippen molar-refractivity contribution in [1.29, 1.82) is 0 Å². The van der Waals surface area contributed by atoms with Crippen LogP contribution >= 0.6 is 11.6 Å². The zero-order chi connectivity index (χ0) is 13.8. The first-order valence-electron chi connectivity index (χ1n) is 6.45. The average molecular weight is 284 g/mol. The van der Waals surface area contributed by atoms with E-state index in [1.54, 1.807) is 36.1 Å². The van der Waals surface area contributed by atoms with Crippen molar-refractivity contribution in [1.82, 2.24) is 4.90 Å². The Morgan fingerprint density at radius 2 is 2.21 bits per heavy atom. The first kappa shape index (κ1) is 14.2. The molecule has 1 heterocycles. The fraction of sp³-hybridized carbons (Fsp3) is 0.500. The van der Waals surface area contributed by atoms with Crippen LogP contribution in [0.2, 0.25) is 5.02 Å². The smallest absolute Gasteiger partial charge is 0.263 e. The molecule has 1 aromatic rings. The fourth-order valence-electron chi connectivity index (χ4n) is 2.32. The molecule has 1 aliphatic rings. The molecule has 5 heteroatoms. The van der Waals surface area contributed by atoms with Crippen molar-refractivity contribution in [3.63, 3.8) is 0 Å². The Morgan fingerprint density at radius 1 is 1.53 bits per heavy atom. The summed E-state index contributed by atoms with van der Waals surface area (Å²) in [6.45, 7) is 2.43. The molecule has 2 rings (SSSR count). The molecule has 1 saturated heterocycles. The number of nitrogens with zero attached hydrogens (tertiary/aromatic N) is 1. The number of halogens is 1. The summed E-state index contributed by atoms with van der Waals surface area (Å²) in [7, 11) is 0. The lowest BCUT2D eigenvalue weighted by molar-refractivity contribution is -0.139. The molecule has 1 N–H and O–H groups in total. The van der Waals surface area contributed by atoms with Gasteiger partial charge in [-0.15, -0.1) is 0 Å². The van der Waals surface area contributed by atoms with Gasteiger partial charge in [-0.25, -0.2) is 0 Å². The molecular formula is C14H18ClNO3. The molecule has 0 saturated carbocycles. The quantitative estimate of drug-likeness (QED) is 0.920. The molecule has 2 atom stereocenters. The Morgan fingerprint density at radius 3 is 2.84 bits per heavy atom. The van der Waals surface area contributed by atoms with Gasteiger partial charge in [0, 0.05) is 11.6 Å². The maximum Gasteiger partial charge on any atom is 0.263 e. The lowest BCUT2D eigenvalue weighted by atomic mass is 10.2. The highest BCUT2D eigenvalue weighted by Crippen LogP contribution is 2.21. The van der Waals surface area contributed by atoms with Gasteiger partial charge in [0.15, 0.2) is 6.10 Å². The Bertz CT molecular complexity index is 435. The zero-order valence-corrected chi connectivity index (χ0v) is 11.6.